The van der Waals surface area contributed by atoms with Crippen LogP contribution in [0, 0.1) is 0 Å². The number of rotatable bonds is 5. The molecule has 0 aliphatic carbocycles. The molecule has 0 heterocycles. The lowest BCUT2D eigenvalue weighted by molar-refractivity contribution is -0.140. The molecule has 106 valence electrons. The van der Waals surface area contributed by atoms with Crippen molar-refractivity contribution in [1.29, 1.82) is 0 Å². The standard InChI is InChI=1S/C8H7F3O6PS/c1-15-18(12)16-17-19(13,14)7-5-3-2-4-6(7)8(9,10)11/h2-5H,1H3/q+1. The molecule has 1 atom stereocenters. The van der Waals surface area contributed by atoms with Crippen molar-refractivity contribution in [3.8, 4) is 0 Å². The number of benzene rings is 1. The molecule has 0 N–H and O–H groups in total. The van der Waals surface area contributed by atoms with E-state index in [0.29, 0.717) is 12.1 Å². The van der Waals surface area contributed by atoms with Crippen molar-refractivity contribution in [3.05, 3.63) is 29.8 Å². The summed E-state index contributed by atoms with van der Waals surface area (Å²) < 4.78 is 83.1. The Morgan fingerprint density at radius 2 is 1.79 bits per heavy atom. The Hall–Kier alpha value is -1.06. The van der Waals surface area contributed by atoms with Crippen molar-refractivity contribution in [2.75, 3.05) is 7.11 Å². The van der Waals surface area contributed by atoms with Crippen molar-refractivity contribution < 1.29 is 39.7 Å². The molecule has 6 nitrogen and oxygen atoms in total. The van der Waals surface area contributed by atoms with Crippen molar-refractivity contribution in [2.24, 2.45) is 0 Å². The van der Waals surface area contributed by atoms with Crippen molar-refractivity contribution in [3.63, 3.8) is 0 Å². The van der Waals surface area contributed by atoms with Gasteiger partial charge >= 0.3 is 24.5 Å². The molecule has 0 aromatic heterocycles. The second-order valence-corrected chi connectivity index (χ2v) is 5.44. The molecule has 0 bridgehead atoms. The molecule has 19 heavy (non-hydrogen) atoms. The first kappa shape index (κ1) is 16.0. The van der Waals surface area contributed by atoms with Gasteiger partial charge in [0.05, 0.1) is 17.3 Å². The third kappa shape index (κ3) is 4.22. The average molecular weight is 319 g/mol. The molecule has 0 aliphatic heterocycles. The molecule has 0 radical (unpaired) electrons. The van der Waals surface area contributed by atoms with E-state index in [0.717, 1.165) is 19.2 Å². The summed E-state index contributed by atoms with van der Waals surface area (Å²) in [6.45, 7) is 0. The monoisotopic (exact) mass is 319 g/mol. The molecule has 0 aliphatic rings. The van der Waals surface area contributed by atoms with E-state index in [4.69, 9.17) is 0 Å². The molecule has 0 amide bonds. The zero-order valence-corrected chi connectivity index (χ0v) is 11.0. The highest BCUT2D eigenvalue weighted by Gasteiger charge is 2.39. The molecule has 0 spiro atoms. The van der Waals surface area contributed by atoms with E-state index in [1.807, 2.05) is 0 Å². The molecule has 0 fully saturated rings. The van der Waals surface area contributed by atoms with Crippen LogP contribution in [0.4, 0.5) is 13.2 Å². The van der Waals surface area contributed by atoms with Crippen LogP contribution in [-0.4, -0.2) is 15.5 Å². The summed E-state index contributed by atoms with van der Waals surface area (Å²) in [5.74, 6) is 0. The average Bonchev–Trinajstić information content (AvgIpc) is 2.35. The Balaban J connectivity index is 3.12. The number of alkyl halides is 3. The van der Waals surface area contributed by atoms with Gasteiger partial charge in [-0.25, -0.2) is 0 Å². The molecular weight excluding hydrogens is 312 g/mol. The number of halogens is 3. The maximum atomic E-state index is 12.6. The van der Waals surface area contributed by atoms with E-state index in [1.165, 1.54) is 0 Å². The minimum Gasteiger partial charge on any atom is -0.191 e. The summed E-state index contributed by atoms with van der Waals surface area (Å²) in [6, 6.07) is 3.33. The van der Waals surface area contributed by atoms with Gasteiger partial charge in [0.2, 0.25) is 0 Å². The first-order chi connectivity index (χ1) is 8.68. The molecule has 1 aromatic carbocycles. The quantitative estimate of drug-likeness (QED) is 0.471. The van der Waals surface area contributed by atoms with Crippen LogP contribution in [0.5, 0.6) is 0 Å². The molecule has 11 heteroatoms. The van der Waals surface area contributed by atoms with E-state index in [-0.39, 0.29) is 0 Å². The minimum atomic E-state index is -4.89. The van der Waals surface area contributed by atoms with Crippen LogP contribution in [0.2, 0.25) is 0 Å². The van der Waals surface area contributed by atoms with Gasteiger partial charge in [-0.2, -0.15) is 21.6 Å². The number of hydrogen-bond donors (Lipinski definition) is 0. The highest BCUT2D eigenvalue weighted by Crippen LogP contribution is 2.35. The summed E-state index contributed by atoms with van der Waals surface area (Å²) in [6.07, 6.45) is -4.89. The van der Waals surface area contributed by atoms with Crippen LogP contribution < -0.4 is 0 Å². The van der Waals surface area contributed by atoms with E-state index in [2.05, 4.69) is 13.5 Å². The summed E-state index contributed by atoms with van der Waals surface area (Å²) in [5, 5.41) is 0. The predicted octanol–water partition coefficient (Wildman–Crippen LogP) is 2.65. The predicted molar refractivity (Wildman–Crippen MR) is 55.4 cm³/mol. The van der Waals surface area contributed by atoms with Gasteiger partial charge in [0.15, 0.2) is 0 Å². The van der Waals surface area contributed by atoms with Gasteiger partial charge in [-0.1, -0.05) is 16.5 Å². The van der Waals surface area contributed by atoms with Crippen molar-refractivity contribution >= 4 is 18.4 Å². The smallest absolute Gasteiger partial charge is 0.191 e. The van der Waals surface area contributed by atoms with Crippen LogP contribution in [-0.2, 0) is 34.4 Å². The highest BCUT2D eigenvalue weighted by atomic mass is 32.2. The van der Waals surface area contributed by atoms with Crippen LogP contribution >= 0.6 is 8.25 Å². The second-order valence-electron chi connectivity index (χ2n) is 3.00. The fraction of sp³-hybridized carbons (Fsp3) is 0.250. The summed E-state index contributed by atoms with van der Waals surface area (Å²) in [5.41, 5.74) is -1.42. The van der Waals surface area contributed by atoms with Gasteiger partial charge in [-0.15, -0.1) is 4.52 Å². The van der Waals surface area contributed by atoms with Gasteiger partial charge in [-0.3, -0.25) is 0 Å². The third-order valence-electron chi connectivity index (χ3n) is 1.79. The van der Waals surface area contributed by atoms with Gasteiger partial charge in [-0.05, 0) is 12.1 Å². The molecular formula is C8H7F3O6PS+. The first-order valence-electron chi connectivity index (χ1n) is 4.47. The maximum Gasteiger partial charge on any atom is 0.729 e. The Kier molecular flexibility index (Phi) is 4.99. The first-order valence-corrected chi connectivity index (χ1v) is 6.97. The van der Waals surface area contributed by atoms with E-state index in [1.54, 1.807) is 0 Å². The van der Waals surface area contributed by atoms with Crippen LogP contribution in [0.25, 0.3) is 0 Å². The second kappa shape index (κ2) is 5.93. The third-order valence-corrected chi connectivity index (χ3v) is 3.53. The van der Waals surface area contributed by atoms with Gasteiger partial charge in [0, 0.05) is 4.57 Å². The van der Waals surface area contributed by atoms with Gasteiger partial charge in [0.1, 0.15) is 4.90 Å². The Morgan fingerprint density at radius 3 is 2.32 bits per heavy atom. The Bertz CT molecular complexity index is 570. The Morgan fingerprint density at radius 1 is 1.21 bits per heavy atom. The lowest BCUT2D eigenvalue weighted by Gasteiger charge is -2.10. The van der Waals surface area contributed by atoms with Crippen molar-refractivity contribution in [1.82, 2.24) is 0 Å². The van der Waals surface area contributed by atoms with Crippen molar-refractivity contribution in [2.45, 2.75) is 11.1 Å². The van der Waals surface area contributed by atoms with Gasteiger partial charge < -0.3 is 0 Å². The molecule has 0 saturated carbocycles. The summed E-state index contributed by atoms with van der Waals surface area (Å²) in [7, 11) is -6.86. The van der Waals surface area contributed by atoms with Crippen LogP contribution in [0.3, 0.4) is 0 Å². The largest absolute Gasteiger partial charge is 0.729 e. The summed E-state index contributed by atoms with van der Waals surface area (Å²) >= 11 is 0. The SMILES string of the molecule is CO[P+](=O)OOS(=O)(=O)c1ccccc1C(F)(F)F. The van der Waals surface area contributed by atoms with Gasteiger partial charge in [0.25, 0.3) is 0 Å². The molecule has 1 unspecified atom stereocenters. The Labute approximate surface area is 107 Å². The lowest BCUT2D eigenvalue weighted by atomic mass is 10.2. The number of hydrogen-bond acceptors (Lipinski definition) is 6. The molecule has 1 rings (SSSR count). The lowest BCUT2D eigenvalue weighted by Crippen LogP contribution is -2.14. The van der Waals surface area contributed by atoms with E-state index in [9.17, 15) is 26.2 Å². The topological polar surface area (TPSA) is 78.9 Å². The normalized spacial score (nSPS) is 13.4. The molecule has 1 aromatic rings. The van der Waals surface area contributed by atoms with Crippen LogP contribution in [0.1, 0.15) is 5.56 Å². The van der Waals surface area contributed by atoms with Crippen LogP contribution in [0.15, 0.2) is 29.2 Å². The molecule has 0 saturated heterocycles. The fourth-order valence-electron chi connectivity index (χ4n) is 1.05. The fourth-order valence-corrected chi connectivity index (χ4v) is 2.40. The minimum absolute atomic E-state index is 0.562. The van der Waals surface area contributed by atoms with E-state index >= 15 is 0 Å². The van der Waals surface area contributed by atoms with E-state index < -0.39 is 35.0 Å². The maximum absolute atomic E-state index is 12.6. The zero-order valence-electron chi connectivity index (χ0n) is 9.25. The summed E-state index contributed by atoms with van der Waals surface area (Å²) in [4.78, 5) is -1.15. The highest BCUT2D eigenvalue weighted by molar-refractivity contribution is 7.86. The zero-order chi connectivity index (χ0) is 14.7.